The summed E-state index contributed by atoms with van der Waals surface area (Å²) in [5, 5.41) is 1.57. The van der Waals surface area contributed by atoms with Crippen molar-refractivity contribution in [2.45, 2.75) is 32.6 Å². The lowest BCUT2D eigenvalue weighted by molar-refractivity contribution is 0.0979. The zero-order valence-electron chi connectivity index (χ0n) is 9.43. The zero-order chi connectivity index (χ0) is 12.0. The fourth-order valence-electron chi connectivity index (χ4n) is 1.54. The van der Waals surface area contributed by atoms with Gasteiger partial charge in [-0.2, -0.15) is 0 Å². The van der Waals surface area contributed by atoms with E-state index in [1.165, 1.54) is 0 Å². The van der Waals surface area contributed by atoms with Crippen molar-refractivity contribution >= 4 is 33.3 Å². The summed E-state index contributed by atoms with van der Waals surface area (Å²) in [7, 11) is 0. The Bertz CT molecular complexity index is 363. The van der Waals surface area contributed by atoms with Crippen LogP contribution in [0, 0.1) is 6.92 Å². The predicted molar refractivity (Wildman–Crippen MR) is 72.8 cm³/mol. The number of carbonyl (C=O) groups excluding carboxylic acids is 1. The second-order valence-electron chi connectivity index (χ2n) is 3.91. The minimum atomic E-state index is 0.156. The standard InChI is InChI=1S/C13H16BrClO/c1-10-6-7-12(15)11(9-10)13(16)5-3-2-4-8-14/h6-7,9H,2-5,8H2,1H3. The monoisotopic (exact) mass is 302 g/mol. The first kappa shape index (κ1) is 13.7. The van der Waals surface area contributed by atoms with Crippen LogP contribution in [0.5, 0.6) is 0 Å². The van der Waals surface area contributed by atoms with Crippen molar-refractivity contribution in [2.24, 2.45) is 0 Å². The van der Waals surface area contributed by atoms with Crippen LogP contribution in [0.3, 0.4) is 0 Å². The molecule has 3 heteroatoms. The molecule has 0 fully saturated rings. The molecule has 16 heavy (non-hydrogen) atoms. The quantitative estimate of drug-likeness (QED) is 0.420. The maximum atomic E-state index is 11.9. The summed E-state index contributed by atoms with van der Waals surface area (Å²) in [5.41, 5.74) is 1.74. The van der Waals surface area contributed by atoms with E-state index in [2.05, 4.69) is 15.9 Å². The van der Waals surface area contributed by atoms with Gasteiger partial charge in [0.25, 0.3) is 0 Å². The van der Waals surface area contributed by atoms with Crippen LogP contribution < -0.4 is 0 Å². The highest BCUT2D eigenvalue weighted by atomic mass is 79.9. The van der Waals surface area contributed by atoms with Gasteiger partial charge in [0.1, 0.15) is 0 Å². The summed E-state index contributed by atoms with van der Waals surface area (Å²) in [4.78, 5) is 11.9. The summed E-state index contributed by atoms with van der Waals surface area (Å²) in [5.74, 6) is 0.156. The van der Waals surface area contributed by atoms with Crippen molar-refractivity contribution in [3.63, 3.8) is 0 Å². The molecular weight excluding hydrogens is 287 g/mol. The van der Waals surface area contributed by atoms with Crippen LogP contribution >= 0.6 is 27.5 Å². The molecule has 0 saturated heterocycles. The van der Waals surface area contributed by atoms with Crippen LogP contribution in [0.15, 0.2) is 18.2 Å². The molecule has 0 aliphatic rings. The largest absolute Gasteiger partial charge is 0.294 e. The highest BCUT2D eigenvalue weighted by Crippen LogP contribution is 2.20. The van der Waals surface area contributed by atoms with Gasteiger partial charge in [-0.1, -0.05) is 45.6 Å². The Labute approximate surface area is 110 Å². The van der Waals surface area contributed by atoms with Gasteiger partial charge in [-0.05, 0) is 31.9 Å². The van der Waals surface area contributed by atoms with Crippen molar-refractivity contribution in [3.8, 4) is 0 Å². The number of rotatable bonds is 6. The van der Waals surface area contributed by atoms with Gasteiger partial charge in [-0.25, -0.2) is 0 Å². The molecular formula is C13H16BrClO. The maximum Gasteiger partial charge on any atom is 0.164 e. The van der Waals surface area contributed by atoms with E-state index >= 15 is 0 Å². The smallest absolute Gasteiger partial charge is 0.164 e. The second-order valence-corrected chi connectivity index (χ2v) is 5.11. The van der Waals surface area contributed by atoms with Crippen LogP contribution in [0.25, 0.3) is 0 Å². The van der Waals surface area contributed by atoms with E-state index in [-0.39, 0.29) is 5.78 Å². The average molecular weight is 304 g/mol. The Kier molecular flexibility index (Phi) is 6.07. The number of benzene rings is 1. The first-order valence-electron chi connectivity index (χ1n) is 5.50. The molecule has 0 unspecified atom stereocenters. The third-order valence-electron chi connectivity index (χ3n) is 2.46. The molecule has 0 radical (unpaired) electrons. The third kappa shape index (κ3) is 4.26. The number of unbranched alkanes of at least 4 members (excludes halogenated alkanes) is 2. The van der Waals surface area contributed by atoms with Gasteiger partial charge in [0.05, 0.1) is 5.02 Å². The molecule has 0 saturated carbocycles. The van der Waals surface area contributed by atoms with Gasteiger partial charge >= 0.3 is 0 Å². The predicted octanol–water partition coefficient (Wildman–Crippen LogP) is 4.79. The Morgan fingerprint density at radius 1 is 1.31 bits per heavy atom. The Morgan fingerprint density at radius 3 is 2.75 bits per heavy atom. The lowest BCUT2D eigenvalue weighted by atomic mass is 10.0. The van der Waals surface area contributed by atoms with Crippen LogP contribution in [0.4, 0.5) is 0 Å². The lowest BCUT2D eigenvalue weighted by Crippen LogP contribution is -2.00. The van der Waals surface area contributed by atoms with Gasteiger partial charge in [0, 0.05) is 17.3 Å². The van der Waals surface area contributed by atoms with E-state index in [1.807, 2.05) is 19.1 Å². The van der Waals surface area contributed by atoms with Crippen molar-refractivity contribution in [2.75, 3.05) is 5.33 Å². The molecule has 0 heterocycles. The van der Waals surface area contributed by atoms with E-state index in [4.69, 9.17) is 11.6 Å². The number of aryl methyl sites for hydroxylation is 1. The normalized spacial score (nSPS) is 10.4. The van der Waals surface area contributed by atoms with Crippen molar-refractivity contribution < 1.29 is 4.79 Å². The van der Waals surface area contributed by atoms with E-state index in [0.29, 0.717) is 17.0 Å². The topological polar surface area (TPSA) is 17.1 Å². The molecule has 0 spiro atoms. The first-order chi connectivity index (χ1) is 7.65. The number of carbonyl (C=O) groups is 1. The van der Waals surface area contributed by atoms with Crippen LogP contribution in [-0.2, 0) is 0 Å². The van der Waals surface area contributed by atoms with E-state index in [0.717, 1.165) is 30.2 Å². The molecule has 0 aliphatic heterocycles. The molecule has 1 rings (SSSR count). The van der Waals surface area contributed by atoms with Crippen molar-refractivity contribution in [1.29, 1.82) is 0 Å². The number of Topliss-reactive ketones (excluding diaryl/α,β-unsaturated/α-hetero) is 1. The fraction of sp³-hybridized carbons (Fsp3) is 0.462. The lowest BCUT2D eigenvalue weighted by Gasteiger charge is -2.04. The van der Waals surface area contributed by atoms with Crippen molar-refractivity contribution in [3.05, 3.63) is 34.3 Å². The third-order valence-corrected chi connectivity index (χ3v) is 3.35. The minimum absolute atomic E-state index is 0.156. The SMILES string of the molecule is Cc1ccc(Cl)c(C(=O)CCCCCBr)c1. The molecule has 0 aliphatic carbocycles. The number of alkyl halides is 1. The summed E-state index contributed by atoms with van der Waals surface area (Å²) >= 11 is 9.38. The van der Waals surface area contributed by atoms with E-state index in [9.17, 15) is 4.79 Å². The minimum Gasteiger partial charge on any atom is -0.294 e. The van der Waals surface area contributed by atoms with E-state index < -0.39 is 0 Å². The summed E-state index contributed by atoms with van der Waals surface area (Å²) in [6.45, 7) is 1.97. The summed E-state index contributed by atoms with van der Waals surface area (Å²) in [6.07, 6.45) is 3.74. The van der Waals surface area contributed by atoms with Gasteiger partial charge in [0.15, 0.2) is 5.78 Å². The second kappa shape index (κ2) is 7.08. The molecule has 0 atom stereocenters. The number of hydrogen-bond donors (Lipinski definition) is 0. The Morgan fingerprint density at radius 2 is 2.06 bits per heavy atom. The first-order valence-corrected chi connectivity index (χ1v) is 7.00. The highest BCUT2D eigenvalue weighted by molar-refractivity contribution is 9.09. The fourth-order valence-corrected chi connectivity index (χ4v) is 2.16. The summed E-state index contributed by atoms with van der Waals surface area (Å²) < 4.78 is 0. The van der Waals surface area contributed by atoms with Crippen LogP contribution in [0.2, 0.25) is 5.02 Å². The Balaban J connectivity index is 2.55. The molecule has 1 nitrogen and oxygen atoms in total. The van der Waals surface area contributed by atoms with Gasteiger partial charge in [-0.15, -0.1) is 0 Å². The number of ketones is 1. The number of halogens is 2. The molecule has 0 bridgehead atoms. The molecule has 0 amide bonds. The zero-order valence-corrected chi connectivity index (χ0v) is 11.8. The van der Waals surface area contributed by atoms with Gasteiger partial charge in [-0.3, -0.25) is 4.79 Å². The molecule has 1 aromatic rings. The maximum absolute atomic E-state index is 11.9. The van der Waals surface area contributed by atoms with Crippen LogP contribution in [0.1, 0.15) is 41.6 Å². The molecule has 88 valence electrons. The Hall–Kier alpha value is -0.340. The highest BCUT2D eigenvalue weighted by Gasteiger charge is 2.09. The average Bonchev–Trinajstić information content (AvgIpc) is 2.27. The van der Waals surface area contributed by atoms with Crippen LogP contribution in [-0.4, -0.2) is 11.1 Å². The van der Waals surface area contributed by atoms with Gasteiger partial charge in [0.2, 0.25) is 0 Å². The number of hydrogen-bond acceptors (Lipinski definition) is 1. The van der Waals surface area contributed by atoms with Gasteiger partial charge < -0.3 is 0 Å². The summed E-state index contributed by atoms with van der Waals surface area (Å²) in [6, 6.07) is 5.59. The molecule has 1 aromatic carbocycles. The van der Waals surface area contributed by atoms with E-state index in [1.54, 1.807) is 6.07 Å². The molecule has 0 aromatic heterocycles. The van der Waals surface area contributed by atoms with Crippen molar-refractivity contribution in [1.82, 2.24) is 0 Å². The molecule has 0 N–H and O–H groups in total.